The van der Waals surface area contributed by atoms with Crippen molar-refractivity contribution in [3.63, 3.8) is 0 Å². The molecule has 0 aliphatic carbocycles. The van der Waals surface area contributed by atoms with Crippen LogP contribution in [0.4, 0.5) is 13.2 Å². The van der Waals surface area contributed by atoms with Crippen LogP contribution in [0.5, 0.6) is 0 Å². The largest absolute Gasteiger partial charge is 0.416 e. The molecule has 0 aliphatic rings. The van der Waals surface area contributed by atoms with Crippen molar-refractivity contribution in [1.82, 2.24) is 20.1 Å². The van der Waals surface area contributed by atoms with E-state index in [-0.39, 0.29) is 41.3 Å². The fraction of sp³-hybridized carbons (Fsp3) is 0.200. The maximum atomic E-state index is 13.3. The Hall–Kier alpha value is -3.03. The molecule has 1 aromatic heterocycles. The highest BCUT2D eigenvalue weighted by molar-refractivity contribution is 7.99. The highest BCUT2D eigenvalue weighted by Crippen LogP contribution is 2.34. The number of hydrogen-bond acceptors (Lipinski definition) is 5. The van der Waals surface area contributed by atoms with Crippen molar-refractivity contribution in [2.75, 3.05) is 12.3 Å². The average molecular weight is 466 g/mol. The molecule has 0 spiro atoms. The lowest BCUT2D eigenvalue weighted by molar-refractivity contribution is -0.137. The zero-order valence-corrected chi connectivity index (χ0v) is 17.4. The van der Waals surface area contributed by atoms with Crippen molar-refractivity contribution in [3.8, 4) is 23.1 Å². The quantitative estimate of drug-likeness (QED) is 0.403. The molecule has 6 nitrogen and oxygen atoms in total. The van der Waals surface area contributed by atoms with Gasteiger partial charge in [0.05, 0.1) is 34.5 Å². The first-order chi connectivity index (χ1) is 14.8. The number of rotatable bonds is 7. The summed E-state index contributed by atoms with van der Waals surface area (Å²) in [5, 5.41) is 19.9. The molecule has 0 saturated heterocycles. The molecule has 0 aliphatic heterocycles. The van der Waals surface area contributed by atoms with E-state index in [9.17, 15) is 18.0 Å². The number of carbonyl (C=O) groups excluding carboxylic acids is 1. The second-order valence-electron chi connectivity index (χ2n) is 6.22. The molecule has 1 heterocycles. The Morgan fingerprint density at radius 1 is 1.19 bits per heavy atom. The molecule has 0 radical (unpaired) electrons. The topological polar surface area (TPSA) is 83.6 Å². The molecule has 2 aromatic carbocycles. The Morgan fingerprint density at radius 2 is 1.97 bits per heavy atom. The van der Waals surface area contributed by atoms with Gasteiger partial charge in [0.1, 0.15) is 0 Å². The second-order valence-corrected chi connectivity index (χ2v) is 7.57. The van der Waals surface area contributed by atoms with Gasteiger partial charge in [0, 0.05) is 12.1 Å². The molecule has 0 atom stereocenters. The van der Waals surface area contributed by atoms with E-state index in [0.29, 0.717) is 10.6 Å². The summed E-state index contributed by atoms with van der Waals surface area (Å²) in [6, 6.07) is 13.4. The van der Waals surface area contributed by atoms with Gasteiger partial charge >= 0.3 is 6.18 Å². The fourth-order valence-electron chi connectivity index (χ4n) is 2.67. The second kappa shape index (κ2) is 9.85. The SMILES string of the molecule is N#CCCNC(=O)CSc1nnc(-c2ccccc2Cl)n1-c1cccc(C(F)(F)F)c1. The third-order valence-corrected chi connectivity index (χ3v) is 5.33. The number of thioether (sulfide) groups is 1. The minimum atomic E-state index is -4.53. The molecule has 1 N–H and O–H groups in total. The van der Waals surface area contributed by atoms with Crippen LogP contribution >= 0.6 is 23.4 Å². The van der Waals surface area contributed by atoms with Crippen LogP contribution in [-0.2, 0) is 11.0 Å². The molecule has 1 amide bonds. The first-order valence-corrected chi connectivity index (χ1v) is 10.3. The summed E-state index contributed by atoms with van der Waals surface area (Å²) in [6.07, 6.45) is -4.35. The third kappa shape index (κ3) is 5.57. The van der Waals surface area contributed by atoms with Crippen LogP contribution in [0.1, 0.15) is 12.0 Å². The summed E-state index contributed by atoms with van der Waals surface area (Å²) >= 11 is 7.28. The number of hydrogen-bond donors (Lipinski definition) is 1. The van der Waals surface area contributed by atoms with Gasteiger partial charge in [0.15, 0.2) is 11.0 Å². The van der Waals surface area contributed by atoms with Crippen LogP contribution in [0, 0.1) is 11.3 Å². The highest BCUT2D eigenvalue weighted by atomic mass is 35.5. The number of alkyl halides is 3. The summed E-state index contributed by atoms with van der Waals surface area (Å²) in [7, 11) is 0. The van der Waals surface area contributed by atoms with Crippen molar-refractivity contribution in [1.29, 1.82) is 5.26 Å². The first-order valence-electron chi connectivity index (χ1n) is 8.95. The van der Waals surface area contributed by atoms with Gasteiger partial charge in [-0.2, -0.15) is 18.4 Å². The Kier molecular flexibility index (Phi) is 7.20. The maximum Gasteiger partial charge on any atom is 0.416 e. The zero-order valence-electron chi connectivity index (χ0n) is 15.9. The normalized spacial score (nSPS) is 11.2. The predicted molar refractivity (Wildman–Crippen MR) is 111 cm³/mol. The van der Waals surface area contributed by atoms with Crippen molar-refractivity contribution >= 4 is 29.3 Å². The minimum absolute atomic E-state index is 0.0506. The van der Waals surface area contributed by atoms with Gasteiger partial charge in [0.25, 0.3) is 0 Å². The lowest BCUT2D eigenvalue weighted by Gasteiger charge is -2.13. The first kappa shape index (κ1) is 22.7. The van der Waals surface area contributed by atoms with Crippen LogP contribution in [0.25, 0.3) is 17.1 Å². The fourth-order valence-corrected chi connectivity index (χ4v) is 3.68. The summed E-state index contributed by atoms with van der Waals surface area (Å²) < 4.78 is 41.2. The molecular weight excluding hydrogens is 451 g/mol. The molecular formula is C20H15ClF3N5OS. The average Bonchev–Trinajstić information content (AvgIpc) is 3.16. The smallest absolute Gasteiger partial charge is 0.354 e. The highest BCUT2D eigenvalue weighted by Gasteiger charge is 2.31. The summed E-state index contributed by atoms with van der Waals surface area (Å²) in [6.45, 7) is 0.209. The standard InChI is InChI=1S/C20H15ClF3N5OS/c21-16-8-2-1-7-15(16)18-27-28-19(31-12-17(30)26-10-4-9-25)29(18)14-6-3-5-13(11-14)20(22,23)24/h1-3,5-8,11H,4,10,12H2,(H,26,30). The maximum absolute atomic E-state index is 13.3. The van der Waals surface area contributed by atoms with Crippen LogP contribution in [0.3, 0.4) is 0 Å². The van der Waals surface area contributed by atoms with Crippen LogP contribution in [-0.4, -0.2) is 33.0 Å². The molecule has 0 fully saturated rings. The molecule has 0 saturated carbocycles. The number of benzene rings is 2. The van der Waals surface area contributed by atoms with Gasteiger partial charge in [-0.3, -0.25) is 9.36 Å². The number of aromatic nitrogens is 3. The zero-order chi connectivity index (χ0) is 22.4. The Balaban J connectivity index is 2.01. The van der Waals surface area contributed by atoms with Gasteiger partial charge in [-0.05, 0) is 30.3 Å². The summed E-state index contributed by atoms with van der Waals surface area (Å²) in [5.74, 6) is -0.138. The van der Waals surface area contributed by atoms with E-state index >= 15 is 0 Å². The number of amides is 1. The number of nitrogens with zero attached hydrogens (tertiary/aromatic N) is 4. The van der Waals surface area contributed by atoms with Gasteiger partial charge in [-0.15, -0.1) is 10.2 Å². The Labute approximate surface area is 185 Å². The number of nitriles is 1. The van der Waals surface area contributed by atoms with E-state index in [4.69, 9.17) is 16.9 Å². The van der Waals surface area contributed by atoms with Crippen molar-refractivity contribution < 1.29 is 18.0 Å². The number of carbonyl (C=O) groups is 1. The van der Waals surface area contributed by atoms with Crippen LogP contribution < -0.4 is 5.32 Å². The number of nitrogens with one attached hydrogen (secondary N) is 1. The molecule has 11 heteroatoms. The van der Waals surface area contributed by atoms with E-state index in [1.165, 1.54) is 16.7 Å². The van der Waals surface area contributed by atoms with Gasteiger partial charge in [-0.1, -0.05) is 41.6 Å². The Morgan fingerprint density at radius 3 is 2.68 bits per heavy atom. The van der Waals surface area contributed by atoms with E-state index in [2.05, 4.69) is 15.5 Å². The monoisotopic (exact) mass is 465 g/mol. The van der Waals surface area contributed by atoms with Crippen molar-refractivity contribution in [3.05, 3.63) is 59.1 Å². The van der Waals surface area contributed by atoms with Gasteiger partial charge in [0.2, 0.25) is 5.91 Å². The molecule has 160 valence electrons. The molecule has 0 unspecified atom stereocenters. The van der Waals surface area contributed by atoms with E-state index in [0.717, 1.165) is 23.9 Å². The lowest BCUT2D eigenvalue weighted by atomic mass is 10.1. The van der Waals surface area contributed by atoms with E-state index in [1.807, 2.05) is 6.07 Å². The summed E-state index contributed by atoms with van der Waals surface area (Å²) in [4.78, 5) is 12.0. The summed E-state index contributed by atoms with van der Waals surface area (Å²) in [5.41, 5.74) is -0.157. The molecule has 0 bridgehead atoms. The predicted octanol–water partition coefficient (Wildman–Crippen LogP) is 4.73. The molecule has 3 aromatic rings. The van der Waals surface area contributed by atoms with Crippen LogP contribution in [0.2, 0.25) is 5.02 Å². The van der Waals surface area contributed by atoms with Crippen molar-refractivity contribution in [2.24, 2.45) is 0 Å². The Bertz CT molecular complexity index is 1130. The van der Waals surface area contributed by atoms with E-state index in [1.54, 1.807) is 24.3 Å². The van der Waals surface area contributed by atoms with Gasteiger partial charge in [-0.25, -0.2) is 0 Å². The third-order valence-electron chi connectivity index (χ3n) is 4.07. The van der Waals surface area contributed by atoms with Gasteiger partial charge < -0.3 is 5.32 Å². The van der Waals surface area contributed by atoms with E-state index < -0.39 is 11.7 Å². The molecule has 31 heavy (non-hydrogen) atoms. The minimum Gasteiger partial charge on any atom is -0.354 e. The lowest BCUT2D eigenvalue weighted by Crippen LogP contribution is -2.26. The molecule has 3 rings (SSSR count). The van der Waals surface area contributed by atoms with Crippen LogP contribution in [0.15, 0.2) is 53.7 Å². The van der Waals surface area contributed by atoms with Crippen molar-refractivity contribution in [2.45, 2.75) is 17.8 Å². The number of halogens is 4.